The van der Waals surface area contributed by atoms with Crippen molar-refractivity contribution in [2.24, 2.45) is 0 Å². The molecule has 1 aromatic heterocycles. The number of ether oxygens (including phenoxy) is 1. The molecule has 2 aromatic carbocycles. The zero-order valence-electron chi connectivity index (χ0n) is 17.4. The molecule has 29 heavy (non-hydrogen) atoms. The maximum atomic E-state index is 12.9. The molecule has 3 aromatic rings. The average Bonchev–Trinajstić information content (AvgIpc) is 3.15. The van der Waals surface area contributed by atoms with Crippen LogP contribution in [0.2, 0.25) is 0 Å². The topological polar surface area (TPSA) is 45.9 Å². The lowest BCUT2D eigenvalue weighted by Gasteiger charge is -2.36. The molecule has 2 heterocycles. The number of methoxy groups -OCH3 is 1. The van der Waals surface area contributed by atoms with Gasteiger partial charge < -0.3 is 19.0 Å². The van der Waals surface area contributed by atoms with Crippen molar-refractivity contribution in [1.29, 1.82) is 0 Å². The minimum atomic E-state index is 0.155. The molecule has 0 aliphatic carbocycles. The molecule has 5 nitrogen and oxygen atoms in total. The molecule has 0 N–H and O–H groups in total. The second-order valence-corrected chi connectivity index (χ2v) is 7.89. The normalized spacial score (nSPS) is 14.6. The summed E-state index contributed by atoms with van der Waals surface area (Å²) in [5.74, 6) is 1.47. The Kier molecular flexibility index (Phi) is 5.47. The highest BCUT2D eigenvalue weighted by Crippen LogP contribution is 2.29. The molecule has 5 heteroatoms. The molecule has 1 aliphatic heterocycles. The zero-order chi connectivity index (χ0) is 20.4. The van der Waals surface area contributed by atoms with E-state index in [2.05, 4.69) is 36.9 Å². The predicted octanol–water partition coefficient (Wildman–Crippen LogP) is 4.46. The number of anilines is 1. The Bertz CT molecular complexity index is 1000. The quantitative estimate of drug-likeness (QED) is 0.643. The summed E-state index contributed by atoms with van der Waals surface area (Å²) < 4.78 is 11.2. The number of fused-ring (bicyclic) bond motifs is 1. The van der Waals surface area contributed by atoms with E-state index >= 15 is 0 Å². The Morgan fingerprint density at radius 1 is 1.10 bits per heavy atom. The first-order valence-electron chi connectivity index (χ1n) is 10.2. The molecule has 0 bridgehead atoms. The van der Waals surface area contributed by atoms with Crippen LogP contribution in [0.4, 0.5) is 5.69 Å². The lowest BCUT2D eigenvalue weighted by Crippen LogP contribution is -2.49. The first-order valence-corrected chi connectivity index (χ1v) is 10.2. The van der Waals surface area contributed by atoms with Crippen LogP contribution in [0.15, 0.2) is 53.1 Å². The summed E-state index contributed by atoms with van der Waals surface area (Å²) in [4.78, 5) is 17.2. The number of para-hydroxylation sites is 2. The Morgan fingerprint density at radius 3 is 2.59 bits per heavy atom. The first kappa shape index (κ1) is 19.4. The molecular weight excluding hydrogens is 364 g/mol. The largest absolute Gasteiger partial charge is 0.495 e. The van der Waals surface area contributed by atoms with E-state index in [1.807, 2.05) is 29.2 Å². The summed E-state index contributed by atoms with van der Waals surface area (Å²) in [6, 6.07) is 14.3. The van der Waals surface area contributed by atoms with Gasteiger partial charge >= 0.3 is 0 Å². The summed E-state index contributed by atoms with van der Waals surface area (Å²) in [5.41, 5.74) is 4.17. The first-order chi connectivity index (χ1) is 14.1. The smallest absolute Gasteiger partial charge is 0.227 e. The van der Waals surface area contributed by atoms with Crippen LogP contribution >= 0.6 is 0 Å². The van der Waals surface area contributed by atoms with Crippen LogP contribution in [0, 0.1) is 0 Å². The fourth-order valence-electron chi connectivity index (χ4n) is 3.96. The maximum absolute atomic E-state index is 12.9. The highest BCUT2D eigenvalue weighted by Gasteiger charge is 2.24. The van der Waals surface area contributed by atoms with Gasteiger partial charge in [-0.15, -0.1) is 0 Å². The molecule has 0 radical (unpaired) electrons. The summed E-state index contributed by atoms with van der Waals surface area (Å²) in [6.45, 7) is 7.37. The minimum absolute atomic E-state index is 0.155. The van der Waals surface area contributed by atoms with Gasteiger partial charge in [0.15, 0.2) is 0 Å². The number of hydrogen-bond donors (Lipinski definition) is 0. The number of nitrogens with zero attached hydrogens (tertiary/aromatic N) is 2. The van der Waals surface area contributed by atoms with Crippen LogP contribution in [0.5, 0.6) is 5.75 Å². The summed E-state index contributed by atoms with van der Waals surface area (Å²) in [5, 5.41) is 1.05. The molecule has 152 valence electrons. The molecule has 1 fully saturated rings. The Hall–Kier alpha value is -2.95. The van der Waals surface area contributed by atoms with Gasteiger partial charge in [-0.25, -0.2) is 0 Å². The molecule has 4 rings (SSSR count). The van der Waals surface area contributed by atoms with Crippen molar-refractivity contribution < 1.29 is 13.9 Å². The van der Waals surface area contributed by atoms with Crippen molar-refractivity contribution in [3.05, 3.63) is 59.9 Å². The van der Waals surface area contributed by atoms with Crippen LogP contribution < -0.4 is 9.64 Å². The average molecular weight is 392 g/mol. The second-order valence-electron chi connectivity index (χ2n) is 7.89. The van der Waals surface area contributed by atoms with E-state index in [1.54, 1.807) is 13.4 Å². The maximum Gasteiger partial charge on any atom is 0.227 e. The Balaban J connectivity index is 1.43. The predicted molar refractivity (Wildman–Crippen MR) is 116 cm³/mol. The van der Waals surface area contributed by atoms with Crippen molar-refractivity contribution in [3.8, 4) is 5.75 Å². The summed E-state index contributed by atoms with van der Waals surface area (Å²) >= 11 is 0. The third kappa shape index (κ3) is 3.95. The van der Waals surface area contributed by atoms with E-state index in [0.717, 1.165) is 41.1 Å². The van der Waals surface area contributed by atoms with Crippen molar-refractivity contribution in [3.63, 3.8) is 0 Å². The van der Waals surface area contributed by atoms with E-state index in [-0.39, 0.29) is 5.91 Å². The van der Waals surface area contributed by atoms with Gasteiger partial charge in [-0.1, -0.05) is 32.0 Å². The van der Waals surface area contributed by atoms with Gasteiger partial charge in [-0.3, -0.25) is 4.79 Å². The zero-order valence-corrected chi connectivity index (χ0v) is 17.4. The van der Waals surface area contributed by atoms with Gasteiger partial charge in [0.1, 0.15) is 11.3 Å². The number of benzene rings is 2. The number of furan rings is 1. The SMILES string of the molecule is COc1ccccc1N1CCN(C(=O)Cc2coc3ccc(C(C)C)cc23)CC1. The van der Waals surface area contributed by atoms with E-state index < -0.39 is 0 Å². The van der Waals surface area contributed by atoms with E-state index in [0.29, 0.717) is 25.4 Å². The fraction of sp³-hybridized carbons (Fsp3) is 0.375. The summed E-state index contributed by atoms with van der Waals surface area (Å²) in [6.07, 6.45) is 2.11. The number of carbonyl (C=O) groups excluding carboxylic acids is 1. The summed E-state index contributed by atoms with van der Waals surface area (Å²) in [7, 11) is 1.69. The van der Waals surface area contributed by atoms with E-state index in [1.165, 1.54) is 5.56 Å². The van der Waals surface area contributed by atoms with Gasteiger partial charge in [-0.2, -0.15) is 0 Å². The minimum Gasteiger partial charge on any atom is -0.495 e. The number of piperazine rings is 1. The van der Waals surface area contributed by atoms with Crippen LogP contribution in [-0.2, 0) is 11.2 Å². The van der Waals surface area contributed by atoms with Gasteiger partial charge in [0.2, 0.25) is 5.91 Å². The van der Waals surface area contributed by atoms with Crippen molar-refractivity contribution in [1.82, 2.24) is 4.90 Å². The molecule has 0 spiro atoms. The van der Waals surface area contributed by atoms with Gasteiger partial charge in [0.25, 0.3) is 0 Å². The Morgan fingerprint density at radius 2 is 1.86 bits per heavy atom. The number of rotatable bonds is 5. The molecular formula is C24H28N2O3. The monoisotopic (exact) mass is 392 g/mol. The van der Waals surface area contributed by atoms with Gasteiger partial charge in [-0.05, 0) is 35.7 Å². The molecule has 0 unspecified atom stereocenters. The lowest BCUT2D eigenvalue weighted by atomic mass is 10.00. The number of hydrogen-bond acceptors (Lipinski definition) is 4. The third-order valence-corrected chi connectivity index (χ3v) is 5.74. The van der Waals surface area contributed by atoms with Crippen LogP contribution in [0.25, 0.3) is 11.0 Å². The highest BCUT2D eigenvalue weighted by molar-refractivity contribution is 5.88. The Labute approximate surface area is 171 Å². The molecule has 0 saturated carbocycles. The van der Waals surface area contributed by atoms with Crippen molar-refractivity contribution >= 4 is 22.6 Å². The van der Waals surface area contributed by atoms with Crippen LogP contribution in [0.3, 0.4) is 0 Å². The molecule has 0 atom stereocenters. The van der Waals surface area contributed by atoms with E-state index in [9.17, 15) is 4.79 Å². The molecule has 1 amide bonds. The van der Waals surface area contributed by atoms with Crippen molar-refractivity contribution in [2.75, 3.05) is 38.2 Å². The van der Waals surface area contributed by atoms with E-state index in [4.69, 9.17) is 9.15 Å². The third-order valence-electron chi connectivity index (χ3n) is 5.74. The van der Waals surface area contributed by atoms with Gasteiger partial charge in [0, 0.05) is 37.1 Å². The molecule has 1 saturated heterocycles. The lowest BCUT2D eigenvalue weighted by molar-refractivity contribution is -0.130. The fourth-order valence-corrected chi connectivity index (χ4v) is 3.96. The van der Waals surface area contributed by atoms with Crippen LogP contribution in [0.1, 0.15) is 30.9 Å². The number of carbonyl (C=O) groups is 1. The second kappa shape index (κ2) is 8.19. The standard InChI is InChI=1S/C24H28N2O3/c1-17(2)18-8-9-22-20(14-18)19(16-29-22)15-24(27)26-12-10-25(11-13-26)21-6-4-5-7-23(21)28-3/h4-9,14,16-17H,10-13,15H2,1-3H3. The molecule has 1 aliphatic rings. The number of amides is 1. The van der Waals surface area contributed by atoms with Crippen molar-refractivity contribution in [2.45, 2.75) is 26.2 Å². The van der Waals surface area contributed by atoms with Gasteiger partial charge in [0.05, 0.1) is 25.5 Å². The highest BCUT2D eigenvalue weighted by atomic mass is 16.5. The van der Waals surface area contributed by atoms with Crippen LogP contribution in [-0.4, -0.2) is 44.1 Å².